The minimum absolute atomic E-state index is 0.220. The summed E-state index contributed by atoms with van der Waals surface area (Å²) in [6.07, 6.45) is 0. The Balaban J connectivity index is 1.65. The number of carbonyl (C=O) groups excluding carboxylic acids is 2. The molecule has 9 heteroatoms. The third-order valence-corrected chi connectivity index (χ3v) is 6.82. The molecule has 2 amide bonds. The molecule has 37 heavy (non-hydrogen) atoms. The molecule has 0 saturated carbocycles. The topological polar surface area (TPSA) is 92.4 Å². The van der Waals surface area contributed by atoms with Crippen LogP contribution in [-0.4, -0.2) is 69.9 Å². The van der Waals surface area contributed by atoms with E-state index in [0.29, 0.717) is 34.9 Å². The number of hydrogen-bond donors (Lipinski definition) is 2. The van der Waals surface area contributed by atoms with E-state index in [-0.39, 0.29) is 18.7 Å². The lowest BCUT2D eigenvalue weighted by Crippen LogP contribution is -2.54. The summed E-state index contributed by atoms with van der Waals surface area (Å²) in [7, 11) is 3.09. The van der Waals surface area contributed by atoms with Crippen molar-refractivity contribution in [3.63, 3.8) is 0 Å². The van der Waals surface area contributed by atoms with Gasteiger partial charge < -0.3 is 29.7 Å². The number of rotatable bonds is 8. The summed E-state index contributed by atoms with van der Waals surface area (Å²) >= 11 is 0. The maximum Gasteiger partial charge on any atom is 0.338 e. The summed E-state index contributed by atoms with van der Waals surface area (Å²) in [4.78, 5) is 30.7. The van der Waals surface area contributed by atoms with Gasteiger partial charge in [0.15, 0.2) is 11.5 Å². The molecule has 1 saturated heterocycles. The fraction of sp³-hybridized carbons (Fsp3) is 0.429. The highest BCUT2D eigenvalue weighted by atomic mass is 16.5. The number of nitrogens with one attached hydrogen (secondary N) is 2. The highest BCUT2D eigenvalue weighted by Crippen LogP contribution is 2.39. The molecule has 2 N–H and O–H groups in total. The predicted octanol–water partition coefficient (Wildman–Crippen LogP) is 3.39. The van der Waals surface area contributed by atoms with Crippen LogP contribution in [0.5, 0.6) is 11.5 Å². The lowest BCUT2D eigenvalue weighted by molar-refractivity contribution is -0.139. The van der Waals surface area contributed by atoms with E-state index in [9.17, 15) is 9.59 Å². The van der Waals surface area contributed by atoms with Crippen LogP contribution in [0.1, 0.15) is 31.0 Å². The Hall–Kier alpha value is -3.72. The van der Waals surface area contributed by atoms with Crippen molar-refractivity contribution in [3.05, 3.63) is 64.9 Å². The molecule has 4 rings (SSSR count). The summed E-state index contributed by atoms with van der Waals surface area (Å²) in [5, 5.41) is 5.77. The summed E-state index contributed by atoms with van der Waals surface area (Å²) in [6.45, 7) is 9.10. The average molecular weight is 509 g/mol. The Bertz CT molecular complexity index is 1180. The van der Waals surface area contributed by atoms with Gasteiger partial charge in [-0.3, -0.25) is 4.90 Å². The number of hydrogen-bond acceptors (Lipinski definition) is 7. The molecule has 0 radical (unpaired) electrons. The number of methoxy groups -OCH3 is 2. The maximum atomic E-state index is 13.3. The molecule has 2 atom stereocenters. The van der Waals surface area contributed by atoms with Crippen LogP contribution in [0, 0.1) is 6.92 Å². The molecule has 2 aromatic rings. The van der Waals surface area contributed by atoms with E-state index in [0.717, 1.165) is 19.6 Å². The number of nitrogens with zero attached hydrogens (tertiary/aromatic N) is 2. The van der Waals surface area contributed by atoms with Crippen molar-refractivity contribution >= 4 is 17.7 Å². The van der Waals surface area contributed by atoms with Crippen molar-refractivity contribution in [1.82, 2.24) is 15.5 Å². The van der Waals surface area contributed by atoms with Gasteiger partial charge in [0.2, 0.25) is 0 Å². The molecule has 0 spiro atoms. The van der Waals surface area contributed by atoms with Crippen molar-refractivity contribution in [2.75, 3.05) is 51.9 Å². The van der Waals surface area contributed by atoms with Crippen molar-refractivity contribution in [2.45, 2.75) is 32.9 Å². The maximum absolute atomic E-state index is 13.3. The monoisotopic (exact) mass is 508 g/mol. The molecule has 0 aromatic heterocycles. The van der Waals surface area contributed by atoms with Gasteiger partial charge in [0, 0.05) is 49.2 Å². The average Bonchev–Trinajstić information content (AvgIpc) is 2.88. The molecule has 1 fully saturated rings. The fourth-order valence-corrected chi connectivity index (χ4v) is 5.16. The molecule has 9 nitrogen and oxygen atoms in total. The van der Waals surface area contributed by atoms with Crippen molar-refractivity contribution in [1.29, 1.82) is 0 Å². The summed E-state index contributed by atoms with van der Waals surface area (Å²) in [6, 6.07) is 13.0. The fourth-order valence-electron chi connectivity index (χ4n) is 5.16. The molecule has 0 aliphatic carbocycles. The zero-order chi connectivity index (χ0) is 26.5. The molecule has 2 aromatic carbocycles. The number of urea groups is 1. The van der Waals surface area contributed by atoms with Crippen LogP contribution in [0.15, 0.2) is 53.7 Å². The first-order valence-corrected chi connectivity index (χ1v) is 12.6. The van der Waals surface area contributed by atoms with Crippen molar-refractivity contribution < 1.29 is 23.8 Å². The number of benzene rings is 2. The zero-order valence-corrected chi connectivity index (χ0v) is 22.2. The number of ether oxygens (including phenoxy) is 3. The van der Waals surface area contributed by atoms with Gasteiger partial charge in [0.1, 0.15) is 0 Å². The van der Waals surface area contributed by atoms with Crippen molar-refractivity contribution in [2.24, 2.45) is 0 Å². The van der Waals surface area contributed by atoms with E-state index in [1.54, 1.807) is 26.2 Å². The van der Waals surface area contributed by atoms with E-state index < -0.39 is 12.0 Å². The molecular weight excluding hydrogens is 472 g/mol. The Morgan fingerprint density at radius 3 is 2.57 bits per heavy atom. The number of aryl methyl sites for hydroxylation is 1. The number of esters is 1. The first-order valence-electron chi connectivity index (χ1n) is 12.6. The second-order valence-electron chi connectivity index (χ2n) is 9.34. The number of para-hydroxylation sites is 1. The van der Waals surface area contributed by atoms with Gasteiger partial charge in [-0.1, -0.05) is 24.3 Å². The molecule has 2 aliphatic rings. The van der Waals surface area contributed by atoms with Crippen LogP contribution in [0.2, 0.25) is 0 Å². The first kappa shape index (κ1) is 26.3. The highest BCUT2D eigenvalue weighted by Gasteiger charge is 2.37. The van der Waals surface area contributed by atoms with Crippen LogP contribution in [0.25, 0.3) is 0 Å². The number of amides is 2. The minimum Gasteiger partial charge on any atom is -0.493 e. The van der Waals surface area contributed by atoms with Gasteiger partial charge in [-0.25, -0.2) is 9.59 Å². The third-order valence-electron chi connectivity index (χ3n) is 6.82. The SMILES string of the molecule is CCOC(=O)C1=C(CN2CCN(c3cccc(C)c3)C(C)C2)NC(=O)NC1c1cccc(OC)c1OC. The third kappa shape index (κ3) is 5.67. The number of carbonyl (C=O) groups is 2. The van der Waals surface area contributed by atoms with Crippen LogP contribution in [0.3, 0.4) is 0 Å². The molecule has 198 valence electrons. The predicted molar refractivity (Wildman–Crippen MR) is 142 cm³/mol. The largest absolute Gasteiger partial charge is 0.493 e. The van der Waals surface area contributed by atoms with Crippen LogP contribution in [0.4, 0.5) is 10.5 Å². The number of anilines is 1. The second kappa shape index (κ2) is 11.6. The Kier molecular flexibility index (Phi) is 8.23. The van der Waals surface area contributed by atoms with Gasteiger partial charge in [0.25, 0.3) is 0 Å². The van der Waals surface area contributed by atoms with Crippen LogP contribution >= 0.6 is 0 Å². The molecule has 0 bridgehead atoms. The van der Waals surface area contributed by atoms with Gasteiger partial charge >= 0.3 is 12.0 Å². The van der Waals surface area contributed by atoms with Crippen molar-refractivity contribution in [3.8, 4) is 11.5 Å². The summed E-state index contributed by atoms with van der Waals surface area (Å²) in [5.74, 6) is 0.490. The lowest BCUT2D eigenvalue weighted by atomic mass is 9.93. The van der Waals surface area contributed by atoms with Crippen LogP contribution in [-0.2, 0) is 9.53 Å². The Morgan fingerprint density at radius 2 is 1.89 bits per heavy atom. The normalized spacial score (nSPS) is 20.2. The van der Waals surface area contributed by atoms with Gasteiger partial charge in [-0.05, 0) is 44.5 Å². The first-order chi connectivity index (χ1) is 17.9. The van der Waals surface area contributed by atoms with E-state index >= 15 is 0 Å². The Labute approximate surface area is 218 Å². The van der Waals surface area contributed by atoms with E-state index in [4.69, 9.17) is 14.2 Å². The van der Waals surface area contributed by atoms with Gasteiger partial charge in [-0.15, -0.1) is 0 Å². The van der Waals surface area contributed by atoms with E-state index in [1.807, 2.05) is 6.07 Å². The standard InChI is InChI=1S/C28H36N4O5/c1-6-37-27(33)24-22(17-31-13-14-32(19(3)16-31)20-10-7-9-18(2)15-20)29-28(34)30-25(24)21-11-8-12-23(35-4)26(21)36-5/h7-12,15,19,25H,6,13-14,16-17H2,1-5H3,(H2,29,30,34). The van der Waals surface area contributed by atoms with Gasteiger partial charge in [0.05, 0.1) is 32.4 Å². The molecular formula is C28H36N4O5. The summed E-state index contributed by atoms with van der Waals surface area (Å²) < 4.78 is 16.5. The summed E-state index contributed by atoms with van der Waals surface area (Å²) in [5.41, 5.74) is 3.96. The quantitative estimate of drug-likeness (QED) is 0.528. The van der Waals surface area contributed by atoms with Gasteiger partial charge in [-0.2, -0.15) is 0 Å². The molecule has 2 heterocycles. The zero-order valence-electron chi connectivity index (χ0n) is 22.2. The van der Waals surface area contributed by atoms with Crippen LogP contribution < -0.4 is 25.0 Å². The lowest BCUT2D eigenvalue weighted by Gasteiger charge is -2.42. The smallest absolute Gasteiger partial charge is 0.338 e. The van der Waals surface area contributed by atoms with E-state index in [1.165, 1.54) is 18.4 Å². The minimum atomic E-state index is -0.751. The molecule has 2 aliphatic heterocycles. The highest BCUT2D eigenvalue weighted by molar-refractivity contribution is 5.95. The number of piperazine rings is 1. The molecule has 2 unspecified atom stereocenters. The Morgan fingerprint density at radius 1 is 1.11 bits per heavy atom. The second-order valence-corrected chi connectivity index (χ2v) is 9.34. The van der Waals surface area contributed by atoms with E-state index in [2.05, 4.69) is 58.5 Å².